The van der Waals surface area contributed by atoms with Gasteiger partial charge in [-0.1, -0.05) is 37.3 Å². The van der Waals surface area contributed by atoms with E-state index in [1.54, 1.807) is 12.1 Å². The highest BCUT2D eigenvalue weighted by molar-refractivity contribution is 7.90. The molecule has 2 aromatic carbocycles. The summed E-state index contributed by atoms with van der Waals surface area (Å²) in [6, 6.07) is 13.7. The number of nitrogens with zero attached hydrogens (tertiary/aromatic N) is 1. The number of hydrogen-bond acceptors (Lipinski definition) is 4. The fraction of sp³-hybridized carbons (Fsp3) is 0.263. The van der Waals surface area contributed by atoms with Gasteiger partial charge in [-0.15, -0.1) is 0 Å². The molecule has 0 saturated carbocycles. The number of benzene rings is 2. The molecule has 1 N–H and O–H groups in total. The monoisotopic (exact) mass is 372 g/mol. The number of sulfonamides is 1. The van der Waals surface area contributed by atoms with E-state index in [1.807, 2.05) is 31.2 Å². The van der Waals surface area contributed by atoms with E-state index in [9.17, 15) is 18.0 Å². The molecule has 0 saturated heterocycles. The molecule has 1 aliphatic rings. The lowest BCUT2D eigenvalue weighted by atomic mass is 10.1. The summed E-state index contributed by atoms with van der Waals surface area (Å²) >= 11 is 0. The summed E-state index contributed by atoms with van der Waals surface area (Å²) in [4.78, 5) is 24.5. The summed E-state index contributed by atoms with van der Waals surface area (Å²) < 4.78 is 25.8. The molecule has 0 bridgehead atoms. The molecule has 0 spiro atoms. The minimum atomic E-state index is -3.81. The van der Waals surface area contributed by atoms with Gasteiger partial charge in [-0.3, -0.25) is 9.59 Å². The largest absolute Gasteiger partial charge is 0.326 e. The van der Waals surface area contributed by atoms with Crippen LogP contribution < -0.4 is 5.32 Å². The number of carbonyl (C=O) groups is 2. The van der Waals surface area contributed by atoms with Crippen molar-refractivity contribution in [2.24, 2.45) is 0 Å². The molecule has 0 radical (unpaired) electrons. The molecule has 1 aliphatic heterocycles. The number of amides is 2. The Morgan fingerprint density at radius 2 is 1.77 bits per heavy atom. The minimum Gasteiger partial charge on any atom is -0.326 e. The third kappa shape index (κ3) is 3.35. The highest BCUT2D eigenvalue weighted by Crippen LogP contribution is 2.30. The van der Waals surface area contributed by atoms with Crippen LogP contribution in [-0.4, -0.2) is 31.1 Å². The van der Waals surface area contributed by atoms with E-state index >= 15 is 0 Å². The topological polar surface area (TPSA) is 83.6 Å². The Hall–Kier alpha value is -2.67. The fourth-order valence-electron chi connectivity index (χ4n) is 3.00. The Kier molecular flexibility index (Phi) is 5.08. The molecular weight excluding hydrogens is 352 g/mol. The number of nitrogens with one attached hydrogen (secondary N) is 1. The van der Waals surface area contributed by atoms with Gasteiger partial charge in [0.1, 0.15) is 4.90 Å². The second kappa shape index (κ2) is 7.29. The Labute approximate surface area is 152 Å². The van der Waals surface area contributed by atoms with E-state index in [2.05, 4.69) is 5.32 Å². The molecule has 2 amide bonds. The Bertz CT molecular complexity index is 954. The summed E-state index contributed by atoms with van der Waals surface area (Å²) in [6.45, 7) is 1.99. The Morgan fingerprint density at radius 3 is 2.50 bits per heavy atom. The van der Waals surface area contributed by atoms with Crippen LogP contribution in [0, 0.1) is 0 Å². The van der Waals surface area contributed by atoms with Crippen molar-refractivity contribution in [1.29, 1.82) is 0 Å². The molecule has 0 atom stereocenters. The number of hydrogen-bond donors (Lipinski definition) is 1. The van der Waals surface area contributed by atoms with Gasteiger partial charge < -0.3 is 5.32 Å². The summed E-state index contributed by atoms with van der Waals surface area (Å²) in [5, 5.41) is 2.84. The van der Waals surface area contributed by atoms with E-state index in [0.717, 1.165) is 22.0 Å². The Balaban J connectivity index is 1.60. The standard InChI is InChI=1S/C19H20N2O4S/c1-2-14-8-3-5-10-16(14)20-18(22)12-7-13-21-19(23)15-9-4-6-11-17(15)26(21,24)25/h3-6,8-11H,2,7,12-13H2,1H3,(H,20,22). The van der Waals surface area contributed by atoms with Crippen molar-refractivity contribution in [3.63, 3.8) is 0 Å². The smallest absolute Gasteiger partial charge is 0.269 e. The highest BCUT2D eigenvalue weighted by Gasteiger charge is 2.40. The predicted molar refractivity (Wildman–Crippen MR) is 98.3 cm³/mol. The molecule has 26 heavy (non-hydrogen) atoms. The third-order valence-corrected chi connectivity index (χ3v) is 6.19. The molecule has 6 nitrogen and oxygen atoms in total. The Morgan fingerprint density at radius 1 is 1.08 bits per heavy atom. The third-order valence-electron chi connectivity index (χ3n) is 4.35. The van der Waals surface area contributed by atoms with Crippen molar-refractivity contribution in [1.82, 2.24) is 4.31 Å². The molecule has 7 heteroatoms. The van der Waals surface area contributed by atoms with Gasteiger partial charge in [0.25, 0.3) is 15.9 Å². The molecule has 0 fully saturated rings. The first-order valence-electron chi connectivity index (χ1n) is 8.49. The average molecular weight is 372 g/mol. The SMILES string of the molecule is CCc1ccccc1NC(=O)CCCN1C(=O)c2ccccc2S1(=O)=O. The number of rotatable bonds is 6. The van der Waals surface area contributed by atoms with Crippen molar-refractivity contribution >= 4 is 27.5 Å². The first-order chi connectivity index (χ1) is 12.4. The van der Waals surface area contributed by atoms with Crippen LogP contribution in [0.5, 0.6) is 0 Å². The average Bonchev–Trinajstić information content (AvgIpc) is 2.83. The van der Waals surface area contributed by atoms with Crippen LogP contribution in [0.25, 0.3) is 0 Å². The van der Waals surface area contributed by atoms with E-state index in [1.165, 1.54) is 12.1 Å². The second-order valence-corrected chi connectivity index (χ2v) is 7.87. The van der Waals surface area contributed by atoms with Crippen LogP contribution in [0.3, 0.4) is 0 Å². The quantitative estimate of drug-likeness (QED) is 0.845. The normalized spacial score (nSPS) is 15.0. The maximum absolute atomic E-state index is 12.4. The van der Waals surface area contributed by atoms with Gasteiger partial charge in [0.15, 0.2) is 0 Å². The zero-order chi connectivity index (χ0) is 18.7. The first-order valence-corrected chi connectivity index (χ1v) is 9.93. The van der Waals surface area contributed by atoms with Gasteiger partial charge in [0.05, 0.1) is 5.56 Å². The second-order valence-electron chi connectivity index (χ2n) is 6.04. The molecule has 0 aromatic heterocycles. The van der Waals surface area contributed by atoms with Gasteiger partial charge >= 0.3 is 0 Å². The number of aryl methyl sites for hydroxylation is 1. The number of carbonyl (C=O) groups excluding carboxylic acids is 2. The first kappa shape index (κ1) is 18.1. The van der Waals surface area contributed by atoms with Crippen molar-refractivity contribution in [3.05, 3.63) is 59.7 Å². The van der Waals surface area contributed by atoms with Crippen LogP contribution in [0.1, 0.15) is 35.7 Å². The molecule has 3 rings (SSSR count). The van der Waals surface area contributed by atoms with E-state index in [-0.39, 0.29) is 35.8 Å². The van der Waals surface area contributed by atoms with Crippen molar-refractivity contribution < 1.29 is 18.0 Å². The lowest BCUT2D eigenvalue weighted by Crippen LogP contribution is -2.31. The number of anilines is 1. The van der Waals surface area contributed by atoms with Crippen LogP contribution in [0.15, 0.2) is 53.4 Å². The maximum atomic E-state index is 12.4. The summed E-state index contributed by atoms with van der Waals surface area (Å²) in [5.41, 5.74) is 1.99. The lowest BCUT2D eigenvalue weighted by molar-refractivity contribution is -0.116. The van der Waals surface area contributed by atoms with Crippen LogP contribution in [0.2, 0.25) is 0 Å². The van der Waals surface area contributed by atoms with Gasteiger partial charge in [-0.2, -0.15) is 0 Å². The molecule has 136 valence electrons. The predicted octanol–water partition coefficient (Wildman–Crippen LogP) is 2.81. The molecule has 2 aromatic rings. The lowest BCUT2D eigenvalue weighted by Gasteiger charge is -2.15. The number of fused-ring (bicyclic) bond motifs is 1. The molecular formula is C19H20N2O4S. The zero-order valence-electron chi connectivity index (χ0n) is 14.4. The summed E-state index contributed by atoms with van der Waals surface area (Å²) in [6.07, 6.45) is 1.20. The number of para-hydroxylation sites is 1. The zero-order valence-corrected chi connectivity index (χ0v) is 15.3. The fourth-order valence-corrected chi connectivity index (χ4v) is 4.61. The van der Waals surface area contributed by atoms with Gasteiger partial charge in [-0.05, 0) is 36.6 Å². The van der Waals surface area contributed by atoms with E-state index in [0.29, 0.717) is 0 Å². The summed E-state index contributed by atoms with van der Waals surface area (Å²) in [5.74, 6) is -0.732. The highest BCUT2D eigenvalue weighted by atomic mass is 32.2. The maximum Gasteiger partial charge on any atom is 0.269 e. The summed E-state index contributed by atoms with van der Waals surface area (Å²) in [7, 11) is -3.81. The van der Waals surface area contributed by atoms with E-state index in [4.69, 9.17) is 0 Å². The van der Waals surface area contributed by atoms with Crippen LogP contribution in [-0.2, 0) is 21.2 Å². The van der Waals surface area contributed by atoms with Gasteiger partial charge in [-0.25, -0.2) is 12.7 Å². The van der Waals surface area contributed by atoms with Gasteiger partial charge in [0, 0.05) is 18.7 Å². The molecule has 0 unspecified atom stereocenters. The molecule has 0 aliphatic carbocycles. The van der Waals surface area contributed by atoms with Crippen LogP contribution in [0.4, 0.5) is 5.69 Å². The van der Waals surface area contributed by atoms with Crippen molar-refractivity contribution in [2.75, 3.05) is 11.9 Å². The van der Waals surface area contributed by atoms with Crippen molar-refractivity contribution in [3.8, 4) is 0 Å². The minimum absolute atomic E-state index is 0.0152. The van der Waals surface area contributed by atoms with Crippen LogP contribution >= 0.6 is 0 Å². The van der Waals surface area contributed by atoms with Gasteiger partial charge in [0.2, 0.25) is 5.91 Å². The van der Waals surface area contributed by atoms with E-state index < -0.39 is 15.9 Å². The molecule has 1 heterocycles. The van der Waals surface area contributed by atoms with Crippen molar-refractivity contribution in [2.45, 2.75) is 31.1 Å².